The van der Waals surface area contributed by atoms with Gasteiger partial charge in [-0.25, -0.2) is 9.97 Å². The van der Waals surface area contributed by atoms with Crippen LogP contribution in [0.5, 0.6) is 0 Å². The second-order valence-electron chi connectivity index (χ2n) is 8.81. The van der Waals surface area contributed by atoms with Crippen molar-refractivity contribution in [1.29, 1.82) is 0 Å². The fraction of sp³-hybridized carbons (Fsp3) is 0.172. The number of nitrogens with two attached hydrogens (primary N) is 1. The molecule has 5 rings (SSSR count). The maximum absolute atomic E-state index is 12.3. The SMILES string of the molecule is Cn1c(-c2nc(N)ncc2C#Cc2cccc(CCC(=O)Nc3ccccc3)c2)cc2c1CCNC2=O. The topological polar surface area (TPSA) is 115 Å². The molecule has 184 valence electrons. The standard InChI is InChI=1S/C29H26N6O2/c1-35-24-14-15-31-28(37)23(24)17-25(35)27-21(18-32-29(30)34-27)12-10-19-6-5-7-20(16-19)11-13-26(36)33-22-8-3-2-4-9-22/h2-9,16-18H,11,13-15H2,1H3,(H,31,37)(H,33,36)(H2,30,32,34). The number of para-hydroxylation sites is 1. The lowest BCUT2D eigenvalue weighted by Crippen LogP contribution is -2.31. The minimum atomic E-state index is -0.0907. The normalized spacial score (nSPS) is 12.2. The van der Waals surface area contributed by atoms with E-state index in [4.69, 9.17) is 5.73 Å². The lowest BCUT2D eigenvalue weighted by atomic mass is 10.1. The second kappa shape index (κ2) is 10.4. The number of hydrogen-bond donors (Lipinski definition) is 3. The number of hydrogen-bond acceptors (Lipinski definition) is 5. The van der Waals surface area contributed by atoms with Crippen LogP contribution in [0.4, 0.5) is 11.6 Å². The van der Waals surface area contributed by atoms with Crippen molar-refractivity contribution < 1.29 is 9.59 Å². The molecule has 2 aromatic carbocycles. The van der Waals surface area contributed by atoms with Crippen LogP contribution in [0, 0.1) is 11.8 Å². The number of amides is 2. The minimum absolute atomic E-state index is 0.0368. The molecule has 2 amide bonds. The highest BCUT2D eigenvalue weighted by molar-refractivity contribution is 5.98. The Morgan fingerprint density at radius 3 is 2.78 bits per heavy atom. The third-order valence-corrected chi connectivity index (χ3v) is 6.27. The first kappa shape index (κ1) is 23.8. The molecule has 2 aromatic heterocycles. The number of nitrogen functional groups attached to an aromatic ring is 1. The number of fused-ring (bicyclic) bond motifs is 1. The molecular formula is C29H26N6O2. The summed E-state index contributed by atoms with van der Waals surface area (Å²) in [4.78, 5) is 33.2. The van der Waals surface area contributed by atoms with Gasteiger partial charge >= 0.3 is 0 Å². The van der Waals surface area contributed by atoms with Crippen LogP contribution in [-0.2, 0) is 24.7 Å². The van der Waals surface area contributed by atoms with E-state index in [1.165, 1.54) is 0 Å². The number of benzene rings is 2. The summed E-state index contributed by atoms with van der Waals surface area (Å²) in [5.41, 5.74) is 12.1. The number of nitrogens with zero attached hydrogens (tertiary/aromatic N) is 3. The zero-order valence-corrected chi connectivity index (χ0v) is 20.4. The average molecular weight is 491 g/mol. The molecule has 8 heteroatoms. The first-order valence-corrected chi connectivity index (χ1v) is 12.0. The van der Waals surface area contributed by atoms with Crippen molar-refractivity contribution in [1.82, 2.24) is 19.9 Å². The van der Waals surface area contributed by atoms with E-state index in [0.29, 0.717) is 36.2 Å². The van der Waals surface area contributed by atoms with Crippen LogP contribution in [0.1, 0.15) is 39.2 Å². The van der Waals surface area contributed by atoms with Gasteiger partial charge in [-0.3, -0.25) is 9.59 Å². The van der Waals surface area contributed by atoms with Crippen molar-refractivity contribution in [3.05, 3.63) is 94.8 Å². The largest absolute Gasteiger partial charge is 0.368 e. The molecule has 4 N–H and O–H groups in total. The number of carbonyl (C=O) groups is 2. The van der Waals surface area contributed by atoms with Gasteiger partial charge in [0.1, 0.15) is 5.69 Å². The zero-order valence-electron chi connectivity index (χ0n) is 20.4. The van der Waals surface area contributed by atoms with E-state index in [2.05, 4.69) is 32.4 Å². The van der Waals surface area contributed by atoms with Crippen molar-refractivity contribution in [2.75, 3.05) is 17.6 Å². The number of rotatable bonds is 5. The number of carbonyl (C=O) groups excluding carboxylic acids is 2. The lowest BCUT2D eigenvalue weighted by Gasteiger charge is -2.14. The number of aromatic nitrogens is 3. The van der Waals surface area contributed by atoms with E-state index in [0.717, 1.165) is 34.6 Å². The monoisotopic (exact) mass is 490 g/mol. The van der Waals surface area contributed by atoms with E-state index in [1.807, 2.05) is 72.3 Å². The predicted molar refractivity (Wildman–Crippen MR) is 143 cm³/mol. The van der Waals surface area contributed by atoms with Gasteiger partial charge in [0.25, 0.3) is 5.91 Å². The summed E-state index contributed by atoms with van der Waals surface area (Å²) in [5.74, 6) is 6.37. The van der Waals surface area contributed by atoms with Crippen molar-refractivity contribution in [3.63, 3.8) is 0 Å². The van der Waals surface area contributed by atoms with Crippen LogP contribution in [0.3, 0.4) is 0 Å². The number of aryl methyl sites for hydroxylation is 1. The lowest BCUT2D eigenvalue weighted by molar-refractivity contribution is -0.116. The van der Waals surface area contributed by atoms with Gasteiger partial charge in [0.2, 0.25) is 11.9 Å². The molecule has 0 fully saturated rings. The second-order valence-corrected chi connectivity index (χ2v) is 8.81. The molecule has 4 aromatic rings. The Bertz CT molecular complexity index is 1550. The molecule has 1 aliphatic heterocycles. The van der Waals surface area contributed by atoms with E-state index >= 15 is 0 Å². The summed E-state index contributed by atoms with van der Waals surface area (Å²) in [5, 5.41) is 5.78. The van der Waals surface area contributed by atoms with Gasteiger partial charge in [0.15, 0.2) is 0 Å². The fourth-order valence-corrected chi connectivity index (χ4v) is 4.39. The molecule has 0 unspecified atom stereocenters. The quantitative estimate of drug-likeness (QED) is 0.371. The van der Waals surface area contributed by atoms with E-state index in [-0.39, 0.29) is 17.8 Å². The summed E-state index contributed by atoms with van der Waals surface area (Å²) < 4.78 is 1.97. The molecule has 0 aliphatic carbocycles. The Labute approximate surface area is 215 Å². The Kier molecular flexibility index (Phi) is 6.68. The van der Waals surface area contributed by atoms with Gasteiger partial charge in [-0.15, -0.1) is 0 Å². The first-order chi connectivity index (χ1) is 18.0. The van der Waals surface area contributed by atoms with Gasteiger partial charge in [-0.1, -0.05) is 42.2 Å². The Balaban J connectivity index is 1.36. The fourth-order valence-electron chi connectivity index (χ4n) is 4.39. The summed E-state index contributed by atoms with van der Waals surface area (Å²) >= 11 is 0. The summed E-state index contributed by atoms with van der Waals surface area (Å²) in [7, 11) is 1.92. The van der Waals surface area contributed by atoms with Crippen LogP contribution in [0.25, 0.3) is 11.4 Å². The first-order valence-electron chi connectivity index (χ1n) is 12.0. The van der Waals surface area contributed by atoms with Gasteiger partial charge in [0, 0.05) is 49.6 Å². The van der Waals surface area contributed by atoms with Crippen LogP contribution < -0.4 is 16.4 Å². The minimum Gasteiger partial charge on any atom is -0.368 e. The van der Waals surface area contributed by atoms with Crippen LogP contribution in [0.2, 0.25) is 0 Å². The molecule has 8 nitrogen and oxygen atoms in total. The third kappa shape index (κ3) is 5.36. The van der Waals surface area contributed by atoms with E-state index in [1.54, 1.807) is 6.20 Å². The van der Waals surface area contributed by atoms with Crippen LogP contribution in [0.15, 0.2) is 66.9 Å². The maximum Gasteiger partial charge on any atom is 0.253 e. The van der Waals surface area contributed by atoms with E-state index in [9.17, 15) is 9.59 Å². The van der Waals surface area contributed by atoms with Crippen molar-refractivity contribution in [3.8, 4) is 23.2 Å². The summed E-state index contributed by atoms with van der Waals surface area (Å²) in [6.07, 6.45) is 3.32. The molecule has 3 heterocycles. The van der Waals surface area contributed by atoms with Gasteiger partial charge in [-0.2, -0.15) is 0 Å². The van der Waals surface area contributed by atoms with Crippen molar-refractivity contribution in [2.24, 2.45) is 7.05 Å². The van der Waals surface area contributed by atoms with Crippen LogP contribution in [-0.4, -0.2) is 32.9 Å². The number of nitrogens with one attached hydrogen (secondary N) is 2. The van der Waals surface area contributed by atoms with Gasteiger partial charge < -0.3 is 20.9 Å². The van der Waals surface area contributed by atoms with Gasteiger partial charge in [0.05, 0.1) is 16.8 Å². The molecule has 37 heavy (non-hydrogen) atoms. The molecule has 0 bridgehead atoms. The third-order valence-electron chi connectivity index (χ3n) is 6.27. The summed E-state index contributed by atoms with van der Waals surface area (Å²) in [6, 6.07) is 19.1. The molecule has 0 saturated carbocycles. The van der Waals surface area contributed by atoms with Crippen molar-refractivity contribution >= 4 is 23.5 Å². The predicted octanol–water partition coefficient (Wildman–Crippen LogP) is 3.32. The van der Waals surface area contributed by atoms with Gasteiger partial charge in [-0.05, 0) is 42.3 Å². The molecule has 1 aliphatic rings. The average Bonchev–Trinajstić information content (AvgIpc) is 3.25. The molecule has 0 radical (unpaired) electrons. The molecule has 0 atom stereocenters. The summed E-state index contributed by atoms with van der Waals surface area (Å²) in [6.45, 7) is 0.603. The zero-order chi connectivity index (χ0) is 25.8. The highest BCUT2D eigenvalue weighted by Crippen LogP contribution is 2.28. The highest BCUT2D eigenvalue weighted by Gasteiger charge is 2.24. The van der Waals surface area contributed by atoms with Crippen molar-refractivity contribution in [2.45, 2.75) is 19.3 Å². The number of anilines is 2. The van der Waals surface area contributed by atoms with Crippen LogP contribution >= 0.6 is 0 Å². The Morgan fingerprint density at radius 1 is 1.14 bits per heavy atom. The smallest absolute Gasteiger partial charge is 0.253 e. The van der Waals surface area contributed by atoms with E-state index < -0.39 is 0 Å². The highest BCUT2D eigenvalue weighted by atomic mass is 16.2. The maximum atomic E-state index is 12.3. The molecule has 0 spiro atoms. The molecule has 0 saturated heterocycles. The molecular weight excluding hydrogens is 464 g/mol. The Hall–Kier alpha value is -4.90. The Morgan fingerprint density at radius 2 is 1.97 bits per heavy atom.